The molecule has 278 valence electrons. The number of rotatable bonds is 4. The second kappa shape index (κ2) is 12.8. The molecule has 2 heteroatoms. The zero-order valence-corrected chi connectivity index (χ0v) is 32.4. The third-order valence-electron chi connectivity index (χ3n) is 12.6. The van der Waals surface area contributed by atoms with Gasteiger partial charge in [-0.25, -0.2) is 0 Å². The van der Waals surface area contributed by atoms with Crippen molar-refractivity contribution in [1.82, 2.24) is 0 Å². The van der Waals surface area contributed by atoms with Crippen LogP contribution >= 0.6 is 0 Å². The van der Waals surface area contributed by atoms with Gasteiger partial charge in [-0.05, 0) is 136 Å². The summed E-state index contributed by atoms with van der Waals surface area (Å²) in [5.41, 5.74) is 13.0. The van der Waals surface area contributed by atoms with E-state index in [-0.39, 0.29) is 0 Å². The maximum Gasteiger partial charge on any atom is 0.135 e. The predicted octanol–water partition coefficient (Wildman–Crippen LogP) is 16.8. The Bertz CT molecular complexity index is 3720. The van der Waals surface area contributed by atoms with Crippen molar-refractivity contribution in [3.8, 4) is 44.5 Å². The summed E-state index contributed by atoms with van der Waals surface area (Å²) in [5.74, 6) is 0. The Kier molecular flexibility index (Phi) is 7.05. The van der Waals surface area contributed by atoms with E-state index < -0.39 is 0 Å². The third-order valence-corrected chi connectivity index (χ3v) is 12.6. The Balaban J connectivity index is 1.22. The highest BCUT2D eigenvalue weighted by atomic mass is 16.3. The molecule has 0 amide bonds. The fourth-order valence-corrected chi connectivity index (χ4v) is 9.89. The first-order valence-corrected chi connectivity index (χ1v) is 20.6. The summed E-state index contributed by atoms with van der Waals surface area (Å²) in [4.78, 5) is 0. The van der Waals surface area contributed by atoms with Crippen molar-refractivity contribution in [3.05, 3.63) is 206 Å². The molecule has 0 atom stereocenters. The standard InChI is InChI=1S/C58H34O2/c1-3-13-37-31-41(25-23-35(37)11-1)55-47-19-9-17-43(39-27-29-53-49(33-39)45-15-5-7-21-51(45)59-53)57(47)56(42-26-24-36-12-2-4-14-38(36)32-42)58-44(18-10-20-48(55)58)40-28-30-54-50(34-40)46-16-6-8-22-52(46)60-54/h1-34H. The molecule has 2 aromatic heterocycles. The molecule has 0 aliphatic carbocycles. The van der Waals surface area contributed by atoms with Crippen molar-refractivity contribution in [1.29, 1.82) is 0 Å². The van der Waals surface area contributed by atoms with Gasteiger partial charge in [0.2, 0.25) is 0 Å². The molecule has 0 bridgehead atoms. The number of para-hydroxylation sites is 2. The lowest BCUT2D eigenvalue weighted by atomic mass is 9.80. The van der Waals surface area contributed by atoms with E-state index in [0.29, 0.717) is 0 Å². The van der Waals surface area contributed by atoms with Crippen LogP contribution in [0.5, 0.6) is 0 Å². The van der Waals surface area contributed by atoms with Gasteiger partial charge in [0.05, 0.1) is 0 Å². The Morgan fingerprint density at radius 3 is 1.15 bits per heavy atom. The summed E-state index contributed by atoms with van der Waals surface area (Å²) < 4.78 is 12.7. The zero-order valence-electron chi connectivity index (χ0n) is 32.4. The highest BCUT2D eigenvalue weighted by Gasteiger charge is 2.23. The lowest BCUT2D eigenvalue weighted by Crippen LogP contribution is -1.95. The SMILES string of the molecule is c1ccc2cc(-c3c4cccc(-c5ccc6oc7ccccc7c6c5)c4c(-c4ccc5ccccc5c4)c4c(-c5ccc6oc7ccccc7c6c5)cccc34)ccc2c1. The average molecular weight is 763 g/mol. The molecule has 13 rings (SSSR count). The van der Waals surface area contributed by atoms with Crippen LogP contribution < -0.4 is 0 Å². The van der Waals surface area contributed by atoms with Crippen molar-refractivity contribution in [3.63, 3.8) is 0 Å². The van der Waals surface area contributed by atoms with E-state index in [9.17, 15) is 0 Å². The molecule has 2 nitrogen and oxygen atoms in total. The smallest absolute Gasteiger partial charge is 0.135 e. The molecular formula is C58H34O2. The number of hydrogen-bond acceptors (Lipinski definition) is 2. The predicted molar refractivity (Wildman–Crippen MR) is 253 cm³/mol. The second-order valence-electron chi connectivity index (χ2n) is 15.9. The van der Waals surface area contributed by atoms with E-state index in [0.717, 1.165) is 55.0 Å². The maximum absolute atomic E-state index is 6.34. The van der Waals surface area contributed by atoms with E-state index in [1.807, 2.05) is 12.1 Å². The largest absolute Gasteiger partial charge is 0.456 e. The number of fused-ring (bicyclic) bond motifs is 10. The molecule has 0 N–H and O–H groups in total. The molecule has 2 heterocycles. The van der Waals surface area contributed by atoms with Gasteiger partial charge in [0.1, 0.15) is 22.3 Å². The number of benzene rings is 11. The minimum Gasteiger partial charge on any atom is -0.456 e. The Hall–Kier alpha value is -7.94. The van der Waals surface area contributed by atoms with Gasteiger partial charge in [-0.3, -0.25) is 0 Å². The van der Waals surface area contributed by atoms with Crippen LogP contribution in [0, 0.1) is 0 Å². The van der Waals surface area contributed by atoms with Crippen molar-refractivity contribution in [2.24, 2.45) is 0 Å². The van der Waals surface area contributed by atoms with E-state index >= 15 is 0 Å². The van der Waals surface area contributed by atoms with Crippen LogP contribution in [0.4, 0.5) is 0 Å². The monoisotopic (exact) mass is 762 g/mol. The Morgan fingerprint density at radius 2 is 0.633 bits per heavy atom. The van der Waals surface area contributed by atoms with Gasteiger partial charge in [0.25, 0.3) is 0 Å². The van der Waals surface area contributed by atoms with Crippen molar-refractivity contribution in [2.75, 3.05) is 0 Å². The lowest BCUT2D eigenvalue weighted by Gasteiger charge is -2.23. The normalized spacial score (nSPS) is 12.0. The molecule has 0 unspecified atom stereocenters. The molecule has 13 aromatic rings. The number of furan rings is 2. The van der Waals surface area contributed by atoms with E-state index in [1.165, 1.54) is 76.5 Å². The van der Waals surface area contributed by atoms with Crippen molar-refractivity contribution in [2.45, 2.75) is 0 Å². The van der Waals surface area contributed by atoms with Crippen LogP contribution in [0.1, 0.15) is 0 Å². The van der Waals surface area contributed by atoms with E-state index in [1.54, 1.807) is 0 Å². The second-order valence-corrected chi connectivity index (χ2v) is 15.9. The first-order valence-electron chi connectivity index (χ1n) is 20.6. The average Bonchev–Trinajstić information content (AvgIpc) is 3.88. The first-order chi connectivity index (χ1) is 29.7. The van der Waals surface area contributed by atoms with Crippen LogP contribution in [0.3, 0.4) is 0 Å². The molecule has 0 saturated heterocycles. The van der Waals surface area contributed by atoms with Crippen LogP contribution in [-0.2, 0) is 0 Å². The molecule has 0 fully saturated rings. The Labute approximate surface area is 345 Å². The zero-order chi connectivity index (χ0) is 39.3. The van der Waals surface area contributed by atoms with Crippen LogP contribution in [0.2, 0.25) is 0 Å². The molecule has 0 radical (unpaired) electrons. The van der Waals surface area contributed by atoms with Gasteiger partial charge in [0, 0.05) is 21.5 Å². The van der Waals surface area contributed by atoms with Crippen LogP contribution in [0.25, 0.3) is 131 Å². The topological polar surface area (TPSA) is 26.3 Å². The molecule has 0 aliphatic heterocycles. The van der Waals surface area contributed by atoms with Crippen LogP contribution in [0.15, 0.2) is 215 Å². The van der Waals surface area contributed by atoms with Crippen molar-refractivity contribution < 1.29 is 8.83 Å². The molecule has 0 saturated carbocycles. The number of hydrogen-bond donors (Lipinski definition) is 0. The van der Waals surface area contributed by atoms with E-state index in [4.69, 9.17) is 8.83 Å². The van der Waals surface area contributed by atoms with Crippen LogP contribution in [-0.4, -0.2) is 0 Å². The van der Waals surface area contributed by atoms with Gasteiger partial charge in [0.15, 0.2) is 0 Å². The molecule has 0 spiro atoms. The molecule has 60 heavy (non-hydrogen) atoms. The quantitative estimate of drug-likeness (QED) is 0.167. The van der Waals surface area contributed by atoms with Gasteiger partial charge in [-0.1, -0.05) is 158 Å². The summed E-state index contributed by atoms with van der Waals surface area (Å²) in [6.45, 7) is 0. The Morgan fingerprint density at radius 1 is 0.233 bits per heavy atom. The van der Waals surface area contributed by atoms with Gasteiger partial charge >= 0.3 is 0 Å². The molecule has 11 aromatic carbocycles. The van der Waals surface area contributed by atoms with E-state index in [2.05, 4.69) is 194 Å². The summed E-state index contributed by atoms with van der Waals surface area (Å²) in [6.07, 6.45) is 0. The minimum absolute atomic E-state index is 0.890. The lowest BCUT2D eigenvalue weighted by molar-refractivity contribution is 0.668. The van der Waals surface area contributed by atoms with Crippen molar-refractivity contribution >= 4 is 87.0 Å². The summed E-state index contributed by atoms with van der Waals surface area (Å²) in [7, 11) is 0. The van der Waals surface area contributed by atoms with Gasteiger partial charge in [-0.2, -0.15) is 0 Å². The summed E-state index contributed by atoms with van der Waals surface area (Å²) >= 11 is 0. The minimum atomic E-state index is 0.890. The first kappa shape index (κ1) is 33.1. The highest BCUT2D eigenvalue weighted by Crippen LogP contribution is 2.51. The molecular weight excluding hydrogens is 729 g/mol. The highest BCUT2D eigenvalue weighted by molar-refractivity contribution is 6.28. The summed E-state index contributed by atoms with van der Waals surface area (Å²) in [6, 6.07) is 75.1. The fourth-order valence-electron chi connectivity index (χ4n) is 9.89. The third kappa shape index (κ3) is 4.95. The summed E-state index contributed by atoms with van der Waals surface area (Å²) in [5, 5.41) is 14.2. The maximum atomic E-state index is 6.34. The fraction of sp³-hybridized carbons (Fsp3) is 0. The van der Waals surface area contributed by atoms with Gasteiger partial charge < -0.3 is 8.83 Å². The van der Waals surface area contributed by atoms with Gasteiger partial charge in [-0.15, -0.1) is 0 Å². The molecule has 0 aliphatic rings.